The van der Waals surface area contributed by atoms with Gasteiger partial charge in [-0.25, -0.2) is 9.78 Å². The number of nitrogens with one attached hydrogen (secondary N) is 1. The van der Waals surface area contributed by atoms with Gasteiger partial charge in [-0.15, -0.1) is 0 Å². The van der Waals surface area contributed by atoms with Crippen molar-refractivity contribution in [3.63, 3.8) is 0 Å². The fourth-order valence-electron chi connectivity index (χ4n) is 4.53. The number of oxime groups is 1. The van der Waals surface area contributed by atoms with Crippen LogP contribution in [-0.2, 0) is 19.8 Å². The zero-order chi connectivity index (χ0) is 21.5. The van der Waals surface area contributed by atoms with Crippen LogP contribution in [0.3, 0.4) is 0 Å². The van der Waals surface area contributed by atoms with Crippen LogP contribution in [-0.4, -0.2) is 46.2 Å². The number of aromatic nitrogens is 2. The molecule has 1 fully saturated rings. The quantitative estimate of drug-likeness (QED) is 0.621. The number of imidazole rings is 1. The van der Waals surface area contributed by atoms with E-state index in [2.05, 4.69) is 15.5 Å². The number of hydrogen-bond acceptors (Lipinski definition) is 6. The van der Waals surface area contributed by atoms with Gasteiger partial charge in [-0.2, -0.15) is 0 Å². The Kier molecular flexibility index (Phi) is 4.50. The van der Waals surface area contributed by atoms with Gasteiger partial charge in [-0.05, 0) is 30.5 Å². The number of fused-ring (bicyclic) bond motifs is 1. The molecule has 1 amide bonds. The number of hydrogen-bond donors (Lipinski definition) is 1. The Hall–Kier alpha value is -3.68. The average molecular weight is 418 g/mol. The van der Waals surface area contributed by atoms with Crippen LogP contribution in [0, 0.1) is 0 Å². The molecule has 1 unspecified atom stereocenters. The third kappa shape index (κ3) is 2.98. The first-order chi connectivity index (χ1) is 15.1. The lowest BCUT2D eigenvalue weighted by Crippen LogP contribution is -2.51. The maximum absolute atomic E-state index is 12.9. The molecule has 3 aromatic rings. The first-order valence-electron chi connectivity index (χ1n) is 10.2. The number of ether oxygens (including phenoxy) is 1. The van der Waals surface area contributed by atoms with Crippen LogP contribution in [0.5, 0.6) is 0 Å². The van der Waals surface area contributed by atoms with Gasteiger partial charge in [0.1, 0.15) is 5.65 Å². The highest BCUT2D eigenvalue weighted by Gasteiger charge is 2.69. The number of pyridine rings is 1. The minimum atomic E-state index is -1.22. The Labute approximate surface area is 178 Å². The number of esters is 1. The lowest BCUT2D eigenvalue weighted by atomic mass is 9.75. The Morgan fingerprint density at radius 3 is 2.71 bits per heavy atom. The number of methoxy groups -OCH3 is 1. The molecule has 1 N–H and O–H groups in total. The monoisotopic (exact) mass is 418 g/mol. The Bertz CT molecular complexity index is 1180. The topological polar surface area (TPSA) is 94.3 Å². The van der Waals surface area contributed by atoms with Crippen molar-refractivity contribution in [1.82, 2.24) is 14.7 Å². The van der Waals surface area contributed by atoms with Crippen molar-refractivity contribution in [2.24, 2.45) is 5.16 Å². The summed E-state index contributed by atoms with van der Waals surface area (Å²) in [5.41, 5.74) is 0.983. The molecule has 2 aromatic heterocycles. The van der Waals surface area contributed by atoms with E-state index in [0.29, 0.717) is 16.9 Å². The van der Waals surface area contributed by atoms with Gasteiger partial charge in [0.05, 0.1) is 24.9 Å². The van der Waals surface area contributed by atoms with E-state index in [4.69, 9.17) is 9.57 Å². The fourth-order valence-corrected chi connectivity index (χ4v) is 4.53. The number of carbonyl (C=O) groups excluding carboxylic acids is 2. The van der Waals surface area contributed by atoms with Crippen molar-refractivity contribution in [1.29, 1.82) is 0 Å². The second kappa shape index (κ2) is 7.23. The van der Waals surface area contributed by atoms with E-state index in [1.165, 1.54) is 7.11 Å². The average Bonchev–Trinajstić information content (AvgIpc) is 3.28. The number of benzene rings is 1. The van der Waals surface area contributed by atoms with Gasteiger partial charge >= 0.3 is 5.97 Å². The maximum Gasteiger partial charge on any atom is 0.354 e. The normalized spacial score (nSPS) is 21.3. The molecule has 1 aromatic carbocycles. The summed E-state index contributed by atoms with van der Waals surface area (Å²) in [5, 5.41) is 7.06. The van der Waals surface area contributed by atoms with Crippen molar-refractivity contribution < 1.29 is 19.2 Å². The summed E-state index contributed by atoms with van der Waals surface area (Å²) in [4.78, 5) is 35.7. The summed E-state index contributed by atoms with van der Waals surface area (Å²) in [5.74, 6) is -0.708. The third-order valence-corrected chi connectivity index (χ3v) is 6.26. The molecule has 8 heteroatoms. The molecular formula is C23H22N4O4. The number of nitrogens with zero attached hydrogens (tertiary/aromatic N) is 3. The minimum absolute atomic E-state index is 0.171. The number of amides is 1. The highest BCUT2D eigenvalue weighted by atomic mass is 16.7. The molecule has 1 saturated carbocycles. The lowest BCUT2D eigenvalue weighted by Gasteiger charge is -2.33. The molecule has 0 bridgehead atoms. The highest BCUT2D eigenvalue weighted by molar-refractivity contribution is 6.03. The summed E-state index contributed by atoms with van der Waals surface area (Å²) in [6.45, 7) is 0.171. The summed E-state index contributed by atoms with van der Waals surface area (Å²) in [6.07, 6.45) is 7.14. The van der Waals surface area contributed by atoms with Crippen LogP contribution in [0.15, 0.2) is 66.2 Å². The molecular weight excluding hydrogens is 396 g/mol. The van der Waals surface area contributed by atoms with Crippen molar-refractivity contribution in [3.8, 4) is 0 Å². The highest BCUT2D eigenvalue weighted by Crippen LogP contribution is 2.60. The third-order valence-electron chi connectivity index (χ3n) is 6.26. The van der Waals surface area contributed by atoms with Gasteiger partial charge in [0.25, 0.3) is 5.91 Å². The fraction of sp³-hybridized carbons (Fsp3) is 0.304. The molecule has 1 aliphatic carbocycles. The molecule has 1 atom stereocenters. The van der Waals surface area contributed by atoms with Gasteiger partial charge < -0.3 is 19.3 Å². The van der Waals surface area contributed by atoms with Crippen LogP contribution >= 0.6 is 0 Å². The van der Waals surface area contributed by atoms with E-state index in [9.17, 15) is 9.59 Å². The molecule has 158 valence electrons. The predicted octanol–water partition coefficient (Wildman–Crippen LogP) is 2.48. The molecule has 8 nitrogen and oxygen atoms in total. The molecule has 31 heavy (non-hydrogen) atoms. The number of carbonyl (C=O) groups is 2. The second-order valence-corrected chi connectivity index (χ2v) is 7.95. The van der Waals surface area contributed by atoms with Crippen molar-refractivity contribution in [3.05, 3.63) is 72.2 Å². The van der Waals surface area contributed by atoms with Crippen LogP contribution in [0.25, 0.3) is 5.65 Å². The molecule has 0 spiro atoms. The van der Waals surface area contributed by atoms with E-state index >= 15 is 0 Å². The standard InChI is InChI=1S/C23H22N4O4/c1-30-21(29)23(22(9-10-22)16-6-3-2-4-7-16)14-17(26-31-23)15-25-20(28)18-8-5-12-27-13-11-24-19(18)27/h2-8,11-13H,9-10,14-15H2,1H3,(H,25,28). The van der Waals surface area contributed by atoms with Gasteiger partial charge in [0.15, 0.2) is 0 Å². The van der Waals surface area contributed by atoms with Crippen LogP contribution in [0.2, 0.25) is 0 Å². The molecule has 0 saturated heterocycles. The summed E-state index contributed by atoms with van der Waals surface area (Å²) in [7, 11) is 1.36. The van der Waals surface area contributed by atoms with Crippen molar-refractivity contribution >= 4 is 23.2 Å². The predicted molar refractivity (Wildman–Crippen MR) is 113 cm³/mol. The Morgan fingerprint density at radius 2 is 1.97 bits per heavy atom. The van der Waals surface area contributed by atoms with Gasteiger partial charge in [-0.1, -0.05) is 35.5 Å². The van der Waals surface area contributed by atoms with Crippen LogP contribution in [0.1, 0.15) is 35.2 Å². The van der Waals surface area contributed by atoms with Crippen molar-refractivity contribution in [2.75, 3.05) is 13.7 Å². The second-order valence-electron chi connectivity index (χ2n) is 7.95. The molecule has 5 rings (SSSR count). The van der Waals surface area contributed by atoms with Crippen LogP contribution < -0.4 is 5.32 Å². The molecule has 1 aliphatic heterocycles. The molecule has 3 heterocycles. The van der Waals surface area contributed by atoms with Crippen LogP contribution in [0.4, 0.5) is 0 Å². The summed E-state index contributed by atoms with van der Waals surface area (Å²) >= 11 is 0. The zero-order valence-electron chi connectivity index (χ0n) is 17.1. The van der Waals surface area contributed by atoms with E-state index in [1.807, 2.05) is 36.5 Å². The van der Waals surface area contributed by atoms with E-state index < -0.39 is 17.0 Å². The van der Waals surface area contributed by atoms with Gasteiger partial charge in [-0.3, -0.25) is 4.79 Å². The molecule has 2 aliphatic rings. The summed E-state index contributed by atoms with van der Waals surface area (Å²) in [6, 6.07) is 13.4. The first kappa shape index (κ1) is 19.3. The Morgan fingerprint density at radius 1 is 1.16 bits per heavy atom. The first-order valence-corrected chi connectivity index (χ1v) is 10.2. The summed E-state index contributed by atoms with van der Waals surface area (Å²) < 4.78 is 6.91. The maximum atomic E-state index is 12.9. The van der Waals surface area contributed by atoms with Gasteiger partial charge in [0.2, 0.25) is 5.60 Å². The SMILES string of the molecule is COC(=O)C1(C2(c3ccccc3)CC2)CC(CNC(=O)c2cccn3ccnc23)=NO1. The lowest BCUT2D eigenvalue weighted by molar-refractivity contribution is -0.171. The van der Waals surface area contributed by atoms with E-state index in [0.717, 1.165) is 18.4 Å². The Balaban J connectivity index is 1.34. The van der Waals surface area contributed by atoms with E-state index in [1.54, 1.807) is 28.9 Å². The minimum Gasteiger partial charge on any atom is -0.466 e. The largest absolute Gasteiger partial charge is 0.466 e. The molecule has 0 radical (unpaired) electrons. The zero-order valence-corrected chi connectivity index (χ0v) is 17.1. The number of rotatable bonds is 6. The van der Waals surface area contributed by atoms with Crippen molar-refractivity contribution in [2.45, 2.75) is 30.3 Å². The van der Waals surface area contributed by atoms with E-state index in [-0.39, 0.29) is 18.9 Å². The smallest absolute Gasteiger partial charge is 0.354 e. The van der Waals surface area contributed by atoms with Gasteiger partial charge in [0, 0.05) is 30.4 Å².